The van der Waals surface area contributed by atoms with Crippen LogP contribution in [0.5, 0.6) is 5.75 Å². The largest absolute Gasteiger partial charge is 0.481 e. The molecule has 116 valence electrons. The minimum absolute atomic E-state index is 0.0486. The van der Waals surface area contributed by atoms with Gasteiger partial charge >= 0.3 is 0 Å². The molecule has 7 heteroatoms. The zero-order valence-electron chi connectivity index (χ0n) is 12.6. The maximum atomic E-state index is 12.4. The molecule has 1 saturated heterocycles. The first kappa shape index (κ1) is 14.5. The molecule has 1 fully saturated rings. The van der Waals surface area contributed by atoms with Crippen LogP contribution in [-0.4, -0.2) is 50.2 Å². The van der Waals surface area contributed by atoms with Crippen LogP contribution < -0.4 is 4.74 Å². The standard InChI is InChI=1S/C15H19N5O2/c1-12(15(21)19-8-3-2-4-9-19)22-14-7-5-6-13(10-14)20-11-16-17-18-20/h5-7,10-12H,2-4,8-9H2,1H3. The molecule has 1 atom stereocenters. The van der Waals surface area contributed by atoms with Crippen molar-refractivity contribution in [2.24, 2.45) is 0 Å². The van der Waals surface area contributed by atoms with E-state index in [0.29, 0.717) is 5.75 Å². The van der Waals surface area contributed by atoms with E-state index in [1.165, 1.54) is 12.7 Å². The molecule has 0 N–H and O–H groups in total. The average Bonchev–Trinajstić information content (AvgIpc) is 3.10. The fourth-order valence-electron chi connectivity index (χ4n) is 2.60. The van der Waals surface area contributed by atoms with E-state index in [1.54, 1.807) is 11.6 Å². The van der Waals surface area contributed by atoms with Crippen LogP contribution in [0.2, 0.25) is 0 Å². The number of rotatable bonds is 4. The molecule has 0 aliphatic carbocycles. The van der Waals surface area contributed by atoms with Crippen LogP contribution in [0, 0.1) is 0 Å². The number of piperidine rings is 1. The lowest BCUT2D eigenvalue weighted by atomic mass is 10.1. The highest BCUT2D eigenvalue weighted by Crippen LogP contribution is 2.18. The topological polar surface area (TPSA) is 73.1 Å². The van der Waals surface area contributed by atoms with Crippen LogP contribution in [0.3, 0.4) is 0 Å². The summed E-state index contributed by atoms with van der Waals surface area (Å²) >= 11 is 0. The molecule has 1 aliphatic heterocycles. The van der Waals surface area contributed by atoms with E-state index in [0.717, 1.165) is 31.6 Å². The number of tetrazole rings is 1. The van der Waals surface area contributed by atoms with E-state index < -0.39 is 6.10 Å². The second kappa shape index (κ2) is 6.55. The molecule has 0 radical (unpaired) electrons. The smallest absolute Gasteiger partial charge is 0.263 e. The van der Waals surface area contributed by atoms with Gasteiger partial charge in [-0.15, -0.1) is 5.10 Å². The Morgan fingerprint density at radius 3 is 2.82 bits per heavy atom. The van der Waals surface area contributed by atoms with E-state index in [-0.39, 0.29) is 5.91 Å². The Labute approximate surface area is 128 Å². The second-order valence-electron chi connectivity index (χ2n) is 5.40. The molecule has 0 saturated carbocycles. The van der Waals surface area contributed by atoms with E-state index in [2.05, 4.69) is 15.5 Å². The number of carbonyl (C=O) groups is 1. The molecule has 7 nitrogen and oxygen atoms in total. The summed E-state index contributed by atoms with van der Waals surface area (Å²) in [6, 6.07) is 7.37. The highest BCUT2D eigenvalue weighted by atomic mass is 16.5. The lowest BCUT2D eigenvalue weighted by Crippen LogP contribution is -2.43. The third-order valence-electron chi connectivity index (χ3n) is 3.76. The van der Waals surface area contributed by atoms with Crippen LogP contribution in [-0.2, 0) is 4.79 Å². The van der Waals surface area contributed by atoms with Crippen molar-refractivity contribution in [3.63, 3.8) is 0 Å². The molecule has 3 rings (SSSR count). The number of hydrogen-bond acceptors (Lipinski definition) is 5. The zero-order valence-corrected chi connectivity index (χ0v) is 12.6. The van der Waals surface area contributed by atoms with E-state index in [9.17, 15) is 4.79 Å². The molecule has 0 bridgehead atoms. The van der Waals surface area contributed by atoms with Crippen molar-refractivity contribution in [3.8, 4) is 11.4 Å². The summed E-state index contributed by atoms with van der Waals surface area (Å²) in [6.45, 7) is 3.45. The Hall–Kier alpha value is -2.44. The lowest BCUT2D eigenvalue weighted by Gasteiger charge is -2.29. The minimum Gasteiger partial charge on any atom is -0.481 e. The normalized spacial score (nSPS) is 16.3. The second-order valence-corrected chi connectivity index (χ2v) is 5.40. The summed E-state index contributed by atoms with van der Waals surface area (Å²) in [5.41, 5.74) is 0.792. The summed E-state index contributed by atoms with van der Waals surface area (Å²) in [5, 5.41) is 11.1. The Balaban J connectivity index is 1.67. The van der Waals surface area contributed by atoms with Crippen molar-refractivity contribution in [3.05, 3.63) is 30.6 Å². The highest BCUT2D eigenvalue weighted by Gasteiger charge is 2.23. The number of benzene rings is 1. The molecule has 1 unspecified atom stereocenters. The summed E-state index contributed by atoms with van der Waals surface area (Å²) in [7, 11) is 0. The molecular formula is C15H19N5O2. The average molecular weight is 301 g/mol. The highest BCUT2D eigenvalue weighted by molar-refractivity contribution is 5.81. The van der Waals surface area contributed by atoms with Crippen LogP contribution in [0.4, 0.5) is 0 Å². The van der Waals surface area contributed by atoms with Crippen molar-refractivity contribution < 1.29 is 9.53 Å². The predicted molar refractivity (Wildman–Crippen MR) is 79.7 cm³/mol. The molecule has 2 heterocycles. The molecule has 1 aromatic carbocycles. The van der Waals surface area contributed by atoms with Gasteiger partial charge in [0.25, 0.3) is 5.91 Å². The minimum atomic E-state index is -0.498. The number of carbonyl (C=O) groups excluding carboxylic acids is 1. The van der Waals surface area contributed by atoms with Gasteiger partial charge in [0, 0.05) is 19.2 Å². The first-order valence-corrected chi connectivity index (χ1v) is 7.53. The molecule has 22 heavy (non-hydrogen) atoms. The van der Waals surface area contributed by atoms with Crippen LogP contribution in [0.25, 0.3) is 5.69 Å². The summed E-state index contributed by atoms with van der Waals surface area (Å²) in [4.78, 5) is 14.3. The number of nitrogens with zero attached hydrogens (tertiary/aromatic N) is 5. The maximum Gasteiger partial charge on any atom is 0.263 e. The fraction of sp³-hybridized carbons (Fsp3) is 0.467. The monoisotopic (exact) mass is 301 g/mol. The van der Waals surface area contributed by atoms with Crippen molar-refractivity contribution >= 4 is 5.91 Å². The van der Waals surface area contributed by atoms with Gasteiger partial charge in [-0.2, -0.15) is 0 Å². The first-order chi connectivity index (χ1) is 10.7. The molecule has 1 amide bonds. The van der Waals surface area contributed by atoms with Gasteiger partial charge in [0.2, 0.25) is 0 Å². The SMILES string of the molecule is CC(Oc1cccc(-n2cnnn2)c1)C(=O)N1CCCCC1. The number of ether oxygens (including phenoxy) is 1. The van der Waals surface area contributed by atoms with Crippen molar-refractivity contribution in [1.29, 1.82) is 0 Å². The maximum absolute atomic E-state index is 12.4. The molecule has 0 spiro atoms. The quantitative estimate of drug-likeness (QED) is 0.854. The van der Waals surface area contributed by atoms with Gasteiger partial charge in [0.05, 0.1) is 5.69 Å². The van der Waals surface area contributed by atoms with Crippen molar-refractivity contribution in [2.75, 3.05) is 13.1 Å². The number of hydrogen-bond donors (Lipinski definition) is 0. The Morgan fingerprint density at radius 1 is 1.27 bits per heavy atom. The Bertz CT molecular complexity index is 623. The Kier molecular flexibility index (Phi) is 4.32. The van der Waals surface area contributed by atoms with Crippen LogP contribution >= 0.6 is 0 Å². The van der Waals surface area contributed by atoms with Gasteiger partial charge in [-0.1, -0.05) is 6.07 Å². The number of likely N-dealkylation sites (tertiary alicyclic amines) is 1. The third-order valence-corrected chi connectivity index (χ3v) is 3.76. The van der Waals surface area contributed by atoms with E-state index in [4.69, 9.17) is 4.74 Å². The molecule has 1 aromatic heterocycles. The first-order valence-electron chi connectivity index (χ1n) is 7.53. The number of aromatic nitrogens is 4. The van der Waals surface area contributed by atoms with E-state index in [1.807, 2.05) is 29.2 Å². The van der Waals surface area contributed by atoms with Crippen LogP contribution in [0.15, 0.2) is 30.6 Å². The molecule has 1 aliphatic rings. The van der Waals surface area contributed by atoms with Gasteiger partial charge in [-0.3, -0.25) is 4.79 Å². The predicted octanol–water partition coefficient (Wildman–Crippen LogP) is 1.44. The van der Waals surface area contributed by atoms with Gasteiger partial charge in [-0.25, -0.2) is 4.68 Å². The van der Waals surface area contributed by atoms with Crippen LogP contribution in [0.1, 0.15) is 26.2 Å². The molecular weight excluding hydrogens is 282 g/mol. The third kappa shape index (κ3) is 3.24. The van der Waals surface area contributed by atoms with Gasteiger partial charge in [0.1, 0.15) is 12.1 Å². The summed E-state index contributed by atoms with van der Waals surface area (Å²) in [6.07, 6.45) is 4.37. The fourth-order valence-corrected chi connectivity index (χ4v) is 2.60. The number of amides is 1. The summed E-state index contributed by atoms with van der Waals surface area (Å²) < 4.78 is 7.34. The summed E-state index contributed by atoms with van der Waals surface area (Å²) in [5.74, 6) is 0.679. The Morgan fingerprint density at radius 2 is 2.09 bits per heavy atom. The van der Waals surface area contributed by atoms with Crippen molar-refractivity contribution in [2.45, 2.75) is 32.3 Å². The lowest BCUT2D eigenvalue weighted by molar-refractivity contribution is -0.138. The van der Waals surface area contributed by atoms with Gasteiger partial charge in [-0.05, 0) is 48.7 Å². The van der Waals surface area contributed by atoms with Gasteiger partial charge < -0.3 is 9.64 Å². The van der Waals surface area contributed by atoms with Gasteiger partial charge in [0.15, 0.2) is 6.10 Å². The van der Waals surface area contributed by atoms with E-state index >= 15 is 0 Å². The molecule has 2 aromatic rings. The van der Waals surface area contributed by atoms with Crippen molar-refractivity contribution in [1.82, 2.24) is 25.1 Å². The zero-order chi connectivity index (χ0) is 15.4.